The van der Waals surface area contributed by atoms with Gasteiger partial charge in [-0.15, -0.1) is 0 Å². The van der Waals surface area contributed by atoms with Gasteiger partial charge in [-0.05, 0) is 84.8 Å². The predicted octanol–water partition coefficient (Wildman–Crippen LogP) is 6.30. The molecule has 1 fully saturated rings. The van der Waals surface area contributed by atoms with E-state index in [0.717, 1.165) is 28.6 Å². The zero-order chi connectivity index (χ0) is 31.6. The summed E-state index contributed by atoms with van der Waals surface area (Å²) in [4.78, 5) is 63.7. The number of amides is 4. The number of unbranched alkanes of at least 4 members (excludes halogenated alkanes) is 1. The summed E-state index contributed by atoms with van der Waals surface area (Å²) in [6.07, 6.45) is 3.10. The number of nitrogens with zero attached hydrogens (tertiary/aromatic N) is 1. The maximum Gasteiger partial charge on any atom is 0.339 e. The number of benzene rings is 3. The van der Waals surface area contributed by atoms with E-state index in [4.69, 9.17) is 21.1 Å². The van der Waals surface area contributed by atoms with Crippen LogP contribution in [0, 0.1) is 6.92 Å². The molecule has 228 valence electrons. The minimum Gasteiger partial charge on any atom is -0.484 e. The number of carbonyl (C=O) groups is 5. The van der Waals surface area contributed by atoms with Gasteiger partial charge in [0.05, 0.1) is 22.1 Å². The molecule has 44 heavy (non-hydrogen) atoms. The lowest BCUT2D eigenvalue weighted by molar-refractivity contribution is -0.127. The van der Waals surface area contributed by atoms with Gasteiger partial charge in [0, 0.05) is 11.4 Å². The number of nitrogens with one attached hydrogen (secondary N) is 2. The quantitative estimate of drug-likeness (QED) is 0.135. The van der Waals surface area contributed by atoms with Gasteiger partial charge in [-0.1, -0.05) is 49.2 Å². The Balaban J connectivity index is 1.30. The molecule has 10 nitrogen and oxygen atoms in total. The van der Waals surface area contributed by atoms with Gasteiger partial charge in [0.25, 0.3) is 17.1 Å². The van der Waals surface area contributed by atoms with E-state index in [-0.39, 0.29) is 40.3 Å². The monoisotopic (exact) mass is 635 g/mol. The van der Waals surface area contributed by atoms with E-state index in [1.54, 1.807) is 30.3 Å². The number of anilines is 2. The van der Waals surface area contributed by atoms with Crippen LogP contribution >= 0.6 is 23.4 Å². The van der Waals surface area contributed by atoms with Crippen molar-refractivity contribution in [2.75, 3.05) is 30.4 Å². The highest BCUT2D eigenvalue weighted by Gasteiger charge is 2.36. The zero-order valence-electron chi connectivity index (χ0n) is 24.1. The van der Waals surface area contributed by atoms with Crippen LogP contribution in [0.3, 0.4) is 0 Å². The summed E-state index contributed by atoms with van der Waals surface area (Å²) >= 11 is 6.84. The van der Waals surface area contributed by atoms with Crippen molar-refractivity contribution < 1.29 is 33.4 Å². The molecule has 4 amide bonds. The molecule has 0 aromatic heterocycles. The first-order chi connectivity index (χ1) is 21.1. The van der Waals surface area contributed by atoms with Crippen molar-refractivity contribution in [2.24, 2.45) is 0 Å². The van der Waals surface area contributed by atoms with E-state index >= 15 is 0 Å². The van der Waals surface area contributed by atoms with Crippen LogP contribution < -0.4 is 15.4 Å². The van der Waals surface area contributed by atoms with Crippen molar-refractivity contribution in [2.45, 2.75) is 26.7 Å². The second kappa shape index (κ2) is 15.2. The number of ether oxygens (including phenoxy) is 2. The molecule has 0 radical (unpaired) electrons. The summed E-state index contributed by atoms with van der Waals surface area (Å²) in [5, 5.41) is 4.93. The van der Waals surface area contributed by atoms with Crippen molar-refractivity contribution in [3.8, 4) is 5.75 Å². The number of imide groups is 1. The van der Waals surface area contributed by atoms with E-state index in [9.17, 15) is 24.0 Å². The number of hydrogen-bond donors (Lipinski definition) is 2. The van der Waals surface area contributed by atoms with Crippen LogP contribution in [-0.4, -0.2) is 53.6 Å². The van der Waals surface area contributed by atoms with Crippen LogP contribution in [0.5, 0.6) is 5.75 Å². The maximum absolute atomic E-state index is 12.9. The first-order valence-corrected chi connectivity index (χ1v) is 14.9. The smallest absolute Gasteiger partial charge is 0.339 e. The van der Waals surface area contributed by atoms with Crippen LogP contribution in [-0.2, 0) is 19.1 Å². The molecule has 3 aromatic carbocycles. The highest BCUT2D eigenvalue weighted by molar-refractivity contribution is 8.18. The lowest BCUT2D eigenvalue weighted by Gasteiger charge is -2.13. The molecule has 0 atom stereocenters. The summed E-state index contributed by atoms with van der Waals surface area (Å²) in [7, 11) is 0. The number of aryl methyl sites for hydroxylation is 1. The van der Waals surface area contributed by atoms with Gasteiger partial charge < -0.3 is 20.1 Å². The fraction of sp³-hybridized carbons (Fsp3) is 0.219. The summed E-state index contributed by atoms with van der Waals surface area (Å²) in [6, 6.07) is 18.4. The Morgan fingerprint density at radius 1 is 0.955 bits per heavy atom. The molecule has 0 aliphatic carbocycles. The van der Waals surface area contributed by atoms with E-state index in [0.29, 0.717) is 23.4 Å². The summed E-state index contributed by atoms with van der Waals surface area (Å²) < 4.78 is 10.7. The predicted molar refractivity (Wildman–Crippen MR) is 170 cm³/mol. The number of rotatable bonds is 12. The number of carbonyl (C=O) groups excluding carboxylic acids is 5. The standard InChI is InChI=1S/C32H30ClN3O7S/c1-3-4-14-42-31(40)25-17-23(10-13-26(25)33)34-28(37)18-36-30(39)27(44-32(36)41)16-21-8-11-24(12-9-21)43-19-29(38)35-22-7-5-6-20(2)15-22/h5-13,15-17H,3-4,14,18-19H2,1-2H3,(H,34,37)(H,35,38)/b27-16+. The molecule has 4 rings (SSSR count). The van der Waals surface area contributed by atoms with Crippen LogP contribution in [0.1, 0.15) is 41.3 Å². The summed E-state index contributed by atoms with van der Waals surface area (Å²) in [6.45, 7) is 3.45. The van der Waals surface area contributed by atoms with Crippen LogP contribution in [0.15, 0.2) is 71.6 Å². The van der Waals surface area contributed by atoms with Gasteiger partial charge in [0.2, 0.25) is 5.91 Å². The molecule has 1 heterocycles. The number of halogens is 1. The molecule has 0 unspecified atom stereocenters. The van der Waals surface area contributed by atoms with Gasteiger partial charge in [0.1, 0.15) is 12.3 Å². The Labute approximate surface area is 263 Å². The van der Waals surface area contributed by atoms with E-state index in [2.05, 4.69) is 10.6 Å². The fourth-order valence-electron chi connectivity index (χ4n) is 4.01. The van der Waals surface area contributed by atoms with Crippen LogP contribution in [0.25, 0.3) is 6.08 Å². The number of esters is 1. The molecule has 0 bridgehead atoms. The van der Waals surface area contributed by atoms with Crippen molar-refractivity contribution in [3.63, 3.8) is 0 Å². The average molecular weight is 636 g/mol. The molecule has 0 saturated carbocycles. The van der Waals surface area contributed by atoms with Crippen LogP contribution in [0.4, 0.5) is 16.2 Å². The summed E-state index contributed by atoms with van der Waals surface area (Å²) in [5.74, 6) is -1.71. The molecule has 2 N–H and O–H groups in total. The van der Waals surface area contributed by atoms with Gasteiger partial charge >= 0.3 is 5.97 Å². The highest BCUT2D eigenvalue weighted by Crippen LogP contribution is 2.32. The molecule has 1 aliphatic rings. The molecule has 12 heteroatoms. The van der Waals surface area contributed by atoms with Crippen molar-refractivity contribution in [3.05, 3.63) is 93.3 Å². The first-order valence-electron chi connectivity index (χ1n) is 13.7. The van der Waals surface area contributed by atoms with Gasteiger partial charge in [0.15, 0.2) is 6.61 Å². The molecular weight excluding hydrogens is 606 g/mol. The highest BCUT2D eigenvalue weighted by atomic mass is 35.5. The molecular formula is C32H30ClN3O7S. The van der Waals surface area contributed by atoms with Crippen molar-refractivity contribution in [1.29, 1.82) is 0 Å². The van der Waals surface area contributed by atoms with Crippen molar-refractivity contribution in [1.82, 2.24) is 4.90 Å². The fourth-order valence-corrected chi connectivity index (χ4v) is 5.04. The molecule has 1 saturated heterocycles. The molecule has 1 aliphatic heterocycles. The largest absolute Gasteiger partial charge is 0.484 e. The normalized spacial score (nSPS) is 13.6. The third-order valence-corrected chi connectivity index (χ3v) is 7.46. The van der Waals surface area contributed by atoms with Gasteiger partial charge in [-0.25, -0.2) is 4.79 Å². The molecule has 0 spiro atoms. The summed E-state index contributed by atoms with van der Waals surface area (Å²) in [5.41, 5.74) is 2.68. The Kier molecular flexibility index (Phi) is 11.2. The van der Waals surface area contributed by atoms with Gasteiger partial charge in [-0.2, -0.15) is 0 Å². The SMILES string of the molecule is CCCCOC(=O)c1cc(NC(=O)CN2C(=O)S/C(=C/c3ccc(OCC(=O)Nc4cccc(C)c4)cc3)C2=O)ccc1Cl. The topological polar surface area (TPSA) is 131 Å². The Hall–Kier alpha value is -4.61. The van der Waals surface area contributed by atoms with Crippen molar-refractivity contribution >= 4 is 69.7 Å². The third kappa shape index (κ3) is 8.95. The third-order valence-electron chi connectivity index (χ3n) is 6.23. The molecule has 3 aromatic rings. The van der Waals surface area contributed by atoms with E-state index in [1.165, 1.54) is 24.3 Å². The Bertz CT molecular complexity index is 1610. The Morgan fingerprint density at radius 3 is 2.41 bits per heavy atom. The first kappa shape index (κ1) is 32.3. The van der Waals surface area contributed by atoms with Crippen LogP contribution in [0.2, 0.25) is 5.02 Å². The second-order valence-corrected chi connectivity index (χ2v) is 11.2. The minimum atomic E-state index is -0.630. The Morgan fingerprint density at radius 2 is 1.68 bits per heavy atom. The van der Waals surface area contributed by atoms with E-state index < -0.39 is 29.6 Å². The number of thioether (sulfide) groups is 1. The average Bonchev–Trinajstić information content (AvgIpc) is 3.25. The lowest BCUT2D eigenvalue weighted by atomic mass is 10.2. The maximum atomic E-state index is 12.9. The second-order valence-electron chi connectivity index (χ2n) is 9.78. The lowest BCUT2D eigenvalue weighted by Crippen LogP contribution is -2.36. The number of hydrogen-bond acceptors (Lipinski definition) is 8. The zero-order valence-corrected chi connectivity index (χ0v) is 25.6. The van der Waals surface area contributed by atoms with Gasteiger partial charge in [-0.3, -0.25) is 24.1 Å². The van der Waals surface area contributed by atoms with E-state index in [1.807, 2.05) is 32.0 Å². The minimum absolute atomic E-state index is 0.0941.